The summed E-state index contributed by atoms with van der Waals surface area (Å²) in [5, 5.41) is 66.7. The molecule has 0 fully saturated rings. The third-order valence-electron chi connectivity index (χ3n) is 12.1. The van der Waals surface area contributed by atoms with Crippen LogP contribution in [0.15, 0.2) is 0 Å². The van der Waals surface area contributed by atoms with Gasteiger partial charge in [0.2, 0.25) is 17.7 Å². The number of hydrogen-bond donors (Lipinski definition) is 10. The topological polar surface area (TPSA) is 357 Å². The van der Waals surface area contributed by atoms with Crippen molar-refractivity contribution >= 4 is 64.9 Å². The van der Waals surface area contributed by atoms with Gasteiger partial charge in [0.25, 0.3) is 0 Å². The molecule has 0 aliphatic carbocycles. The summed E-state index contributed by atoms with van der Waals surface area (Å²) in [5.74, 6) is -12.3. The highest BCUT2D eigenvalue weighted by Gasteiger charge is 2.28. The van der Waals surface area contributed by atoms with Crippen LogP contribution in [0.25, 0.3) is 0 Å². The molecule has 0 aromatic rings. The van der Waals surface area contributed by atoms with Crippen LogP contribution in [-0.2, 0) is 52.7 Å². The molecule has 70 heavy (non-hydrogen) atoms. The molecule has 0 aliphatic rings. The molecule has 0 bridgehead atoms. The van der Waals surface area contributed by atoms with Gasteiger partial charge in [-0.15, -0.1) is 0 Å². The van der Waals surface area contributed by atoms with Crippen molar-refractivity contribution < 1.29 is 83.4 Å². The van der Waals surface area contributed by atoms with Crippen molar-refractivity contribution in [2.45, 2.75) is 211 Å². The van der Waals surface area contributed by atoms with E-state index in [-0.39, 0.29) is 57.3 Å². The number of Topliss-reactive ketones (excluding diaryl/α,β-unsaturated/α-hetero) is 3. The molecule has 0 saturated heterocycles. The number of nitrogens with one attached hydrogen (secondary N) is 4. The SMILES string of the molecule is CCN[C@@H](CCCCNC(=O)CC[C@H](CC(=O)CC[C@H](NC(=O)CC[C@H](CC(=O)CC[C@H](NC(=O)CCCCCCCCCCCCCCCCC(=O)O)C(=O)O)C(=O)O)C(=O)O)C(=O)O)C(=O)CO. The van der Waals surface area contributed by atoms with E-state index < -0.39 is 128 Å². The quantitative estimate of drug-likeness (QED) is 0.0369. The summed E-state index contributed by atoms with van der Waals surface area (Å²) in [6, 6.07) is -3.44. The first-order valence-electron chi connectivity index (χ1n) is 25.2. The van der Waals surface area contributed by atoms with Crippen LogP contribution < -0.4 is 21.3 Å². The van der Waals surface area contributed by atoms with Gasteiger partial charge in [-0.25, -0.2) is 9.59 Å². The molecule has 3 amide bonds. The first kappa shape index (κ1) is 64.7. The molecule has 21 heteroatoms. The number of rotatable bonds is 48. The molecule has 0 unspecified atom stereocenters. The number of hydrogen-bond acceptors (Lipinski definition) is 13. The summed E-state index contributed by atoms with van der Waals surface area (Å²) in [7, 11) is 0. The first-order chi connectivity index (χ1) is 33.3. The van der Waals surface area contributed by atoms with Crippen molar-refractivity contribution in [2.24, 2.45) is 11.8 Å². The predicted molar refractivity (Wildman–Crippen MR) is 255 cm³/mol. The molecule has 0 aromatic carbocycles. The lowest BCUT2D eigenvalue weighted by molar-refractivity contribution is -0.145. The van der Waals surface area contributed by atoms with Crippen LogP contribution in [-0.4, -0.2) is 133 Å². The Kier molecular flexibility index (Phi) is 37.4. The number of ketones is 3. The number of aliphatic hydroxyl groups is 1. The van der Waals surface area contributed by atoms with Gasteiger partial charge in [-0.3, -0.25) is 43.2 Å². The molecule has 0 radical (unpaired) electrons. The zero-order chi connectivity index (χ0) is 52.7. The van der Waals surface area contributed by atoms with Crippen molar-refractivity contribution in [3.8, 4) is 0 Å². The number of carboxylic acid groups (broad SMARTS) is 5. The van der Waals surface area contributed by atoms with Gasteiger partial charge in [-0.2, -0.15) is 0 Å². The Hall–Kier alpha value is -5.31. The minimum absolute atomic E-state index is 0.115. The largest absolute Gasteiger partial charge is 0.481 e. The molecule has 0 rings (SSSR count). The molecule has 0 heterocycles. The van der Waals surface area contributed by atoms with Gasteiger partial charge in [-0.1, -0.05) is 84.0 Å². The molecule has 0 saturated carbocycles. The number of carbonyl (C=O) groups excluding carboxylic acids is 6. The molecule has 0 spiro atoms. The van der Waals surface area contributed by atoms with Crippen molar-refractivity contribution in [1.29, 1.82) is 0 Å². The number of aliphatic hydroxyl groups excluding tert-OH is 1. The van der Waals surface area contributed by atoms with E-state index in [0.29, 0.717) is 32.2 Å². The maximum atomic E-state index is 12.7. The number of likely N-dealkylation sites (N-methyl/N-ethyl adjacent to an activating group) is 1. The summed E-state index contributed by atoms with van der Waals surface area (Å²) < 4.78 is 0. The Morgan fingerprint density at radius 3 is 1.19 bits per heavy atom. The third-order valence-corrected chi connectivity index (χ3v) is 12.1. The molecule has 0 aromatic heterocycles. The van der Waals surface area contributed by atoms with E-state index in [4.69, 9.17) is 10.2 Å². The Labute approximate surface area is 411 Å². The van der Waals surface area contributed by atoms with E-state index in [2.05, 4.69) is 21.3 Å². The Bertz CT molecular complexity index is 1640. The van der Waals surface area contributed by atoms with Gasteiger partial charge in [0.05, 0.1) is 17.9 Å². The highest BCUT2D eigenvalue weighted by atomic mass is 16.4. The van der Waals surface area contributed by atoms with Crippen LogP contribution in [0.4, 0.5) is 0 Å². The lowest BCUT2D eigenvalue weighted by atomic mass is 9.93. The molecule has 10 N–H and O–H groups in total. The fourth-order valence-electron chi connectivity index (χ4n) is 7.85. The van der Waals surface area contributed by atoms with E-state index >= 15 is 0 Å². The van der Waals surface area contributed by atoms with Crippen molar-refractivity contribution in [3.63, 3.8) is 0 Å². The standard InChI is InChI=1S/C49H82N4O17/c1-2-50-38(41(57)33-54)19-17-18-30-51-42(58)28-22-34(46(63)64)31-36(55)25-27-40(49(69)70)53-44(60)29-23-35(47(65)66)32-37(56)24-26-39(48(67)68)52-43(59)20-15-13-11-9-7-5-3-4-6-8-10-12-14-16-21-45(61)62/h34-35,38-40,50,54H,2-33H2,1H3,(H,51,58)(H,52,59)(H,53,60)(H,61,62)(H,63,64)(H,65,66)(H,67,68)(H,69,70)/t34-,35-,38+,39+,40+/m1/s1. The van der Waals surface area contributed by atoms with Gasteiger partial charge in [-0.05, 0) is 64.3 Å². The number of carbonyl (C=O) groups is 11. The Morgan fingerprint density at radius 2 is 0.800 bits per heavy atom. The highest BCUT2D eigenvalue weighted by molar-refractivity contribution is 5.88. The summed E-state index contributed by atoms with van der Waals surface area (Å²) in [6.45, 7) is 2.06. The van der Waals surface area contributed by atoms with Gasteiger partial charge in [0.1, 0.15) is 30.3 Å². The second-order valence-electron chi connectivity index (χ2n) is 18.1. The summed E-state index contributed by atoms with van der Waals surface area (Å²) in [4.78, 5) is 133. The smallest absolute Gasteiger partial charge is 0.326 e. The third kappa shape index (κ3) is 34.9. The summed E-state index contributed by atoms with van der Waals surface area (Å²) in [6.07, 6.45) is 12.3. The molecule has 400 valence electrons. The van der Waals surface area contributed by atoms with E-state index in [9.17, 15) is 73.2 Å². The van der Waals surface area contributed by atoms with E-state index in [1.54, 1.807) is 0 Å². The van der Waals surface area contributed by atoms with Crippen LogP contribution >= 0.6 is 0 Å². The van der Waals surface area contributed by atoms with Crippen LogP contribution in [0.2, 0.25) is 0 Å². The van der Waals surface area contributed by atoms with Crippen molar-refractivity contribution in [3.05, 3.63) is 0 Å². The predicted octanol–water partition coefficient (Wildman–Crippen LogP) is 4.72. The second kappa shape index (κ2) is 40.4. The maximum absolute atomic E-state index is 12.7. The molecule has 0 aliphatic heterocycles. The second-order valence-corrected chi connectivity index (χ2v) is 18.1. The lowest BCUT2D eigenvalue weighted by Gasteiger charge is -2.17. The minimum Gasteiger partial charge on any atom is -0.481 e. The minimum atomic E-state index is -1.58. The van der Waals surface area contributed by atoms with Gasteiger partial charge in [0, 0.05) is 57.9 Å². The van der Waals surface area contributed by atoms with Gasteiger partial charge >= 0.3 is 29.8 Å². The van der Waals surface area contributed by atoms with Gasteiger partial charge in [0.15, 0.2) is 5.78 Å². The number of carboxylic acids is 5. The van der Waals surface area contributed by atoms with Crippen LogP contribution in [0.3, 0.4) is 0 Å². The van der Waals surface area contributed by atoms with E-state index in [1.165, 1.54) is 12.8 Å². The van der Waals surface area contributed by atoms with Gasteiger partial charge < -0.3 is 51.9 Å². The first-order valence-corrected chi connectivity index (χ1v) is 25.2. The number of amides is 3. The normalized spacial score (nSPS) is 13.2. The van der Waals surface area contributed by atoms with Crippen LogP contribution in [0.5, 0.6) is 0 Å². The fraction of sp³-hybridized carbons (Fsp3) is 0.776. The monoisotopic (exact) mass is 999 g/mol. The van der Waals surface area contributed by atoms with Crippen LogP contribution in [0.1, 0.15) is 193 Å². The zero-order valence-electron chi connectivity index (χ0n) is 41.2. The molecular weight excluding hydrogens is 917 g/mol. The zero-order valence-corrected chi connectivity index (χ0v) is 41.2. The molecule has 5 atom stereocenters. The maximum Gasteiger partial charge on any atom is 0.326 e. The fourth-order valence-corrected chi connectivity index (χ4v) is 7.85. The summed E-state index contributed by atoms with van der Waals surface area (Å²) >= 11 is 0. The molecular formula is C49H82N4O17. The van der Waals surface area contributed by atoms with E-state index in [1.807, 2.05) is 6.92 Å². The molecule has 21 nitrogen and oxygen atoms in total. The average Bonchev–Trinajstić information content (AvgIpc) is 3.30. The Balaban J connectivity index is 4.59. The number of unbranched alkanes of at least 4 members (excludes halogenated alkanes) is 14. The number of aliphatic carboxylic acids is 5. The lowest BCUT2D eigenvalue weighted by Crippen LogP contribution is -2.41. The van der Waals surface area contributed by atoms with Crippen molar-refractivity contribution in [2.75, 3.05) is 19.7 Å². The average molecular weight is 999 g/mol. The Morgan fingerprint density at radius 1 is 0.400 bits per heavy atom. The van der Waals surface area contributed by atoms with E-state index in [0.717, 1.165) is 70.6 Å². The van der Waals surface area contributed by atoms with Crippen LogP contribution in [0, 0.1) is 11.8 Å². The van der Waals surface area contributed by atoms with Crippen molar-refractivity contribution in [1.82, 2.24) is 21.3 Å². The highest BCUT2D eigenvalue weighted by Crippen LogP contribution is 2.18. The summed E-state index contributed by atoms with van der Waals surface area (Å²) in [5.41, 5.74) is 0.